The molecular weight excluding hydrogens is 210 g/mol. The summed E-state index contributed by atoms with van der Waals surface area (Å²) < 4.78 is 0. The largest absolute Gasteiger partial charge is 0.508 e. The number of nitrogens with one attached hydrogen (secondary N) is 1. The molecule has 0 spiro atoms. The third-order valence-corrected chi connectivity index (χ3v) is 3.86. The maximum Gasteiger partial charge on any atom is 0.115 e. The molecule has 2 heteroatoms. The van der Waals surface area contributed by atoms with Crippen LogP contribution in [-0.4, -0.2) is 11.1 Å². The molecule has 0 saturated heterocycles. The third-order valence-electron chi connectivity index (χ3n) is 3.86. The van der Waals surface area contributed by atoms with Gasteiger partial charge in [-0.1, -0.05) is 26.8 Å². The molecule has 2 rings (SSSR count). The standard InChI is InChI=1S/C15H23NO/c1-4-14(10(2)3)16-15-8-5-11-9-12(17)6-7-13(11)15/h6-7,9-10,14-17H,4-5,8H2,1-3H3. The second kappa shape index (κ2) is 5.09. The van der Waals surface area contributed by atoms with Crippen LogP contribution in [0.1, 0.15) is 50.8 Å². The Morgan fingerprint density at radius 3 is 2.82 bits per heavy atom. The van der Waals surface area contributed by atoms with Gasteiger partial charge >= 0.3 is 0 Å². The Morgan fingerprint density at radius 2 is 2.18 bits per heavy atom. The Kier molecular flexibility index (Phi) is 3.72. The van der Waals surface area contributed by atoms with Crippen LogP contribution in [0.15, 0.2) is 18.2 Å². The lowest BCUT2D eigenvalue weighted by atomic mass is 9.99. The molecule has 0 amide bonds. The van der Waals surface area contributed by atoms with Gasteiger partial charge in [0.1, 0.15) is 5.75 Å². The van der Waals surface area contributed by atoms with Crippen molar-refractivity contribution >= 4 is 0 Å². The molecule has 1 aliphatic rings. The number of phenolic OH excluding ortho intramolecular Hbond substituents is 1. The Balaban J connectivity index is 2.11. The Labute approximate surface area is 104 Å². The lowest BCUT2D eigenvalue weighted by Gasteiger charge is -2.25. The second-order valence-corrected chi connectivity index (χ2v) is 5.40. The fraction of sp³-hybridized carbons (Fsp3) is 0.600. The molecule has 0 aromatic heterocycles. The highest BCUT2D eigenvalue weighted by molar-refractivity contribution is 5.40. The van der Waals surface area contributed by atoms with E-state index in [-0.39, 0.29) is 0 Å². The fourth-order valence-corrected chi connectivity index (χ4v) is 2.82. The van der Waals surface area contributed by atoms with Crippen molar-refractivity contribution in [2.24, 2.45) is 5.92 Å². The van der Waals surface area contributed by atoms with E-state index in [1.165, 1.54) is 17.5 Å². The summed E-state index contributed by atoms with van der Waals surface area (Å²) in [5.74, 6) is 1.06. The van der Waals surface area contributed by atoms with Crippen molar-refractivity contribution in [1.29, 1.82) is 0 Å². The van der Waals surface area contributed by atoms with Crippen LogP contribution in [0, 0.1) is 5.92 Å². The van der Waals surface area contributed by atoms with Crippen LogP contribution in [0.25, 0.3) is 0 Å². The molecule has 94 valence electrons. The molecule has 0 aliphatic heterocycles. The van der Waals surface area contributed by atoms with Crippen molar-refractivity contribution in [3.05, 3.63) is 29.3 Å². The van der Waals surface area contributed by atoms with Crippen molar-refractivity contribution in [3.8, 4) is 5.75 Å². The first-order chi connectivity index (χ1) is 8.11. The molecule has 1 aliphatic carbocycles. The van der Waals surface area contributed by atoms with E-state index in [4.69, 9.17) is 0 Å². The lowest BCUT2D eigenvalue weighted by molar-refractivity contribution is 0.344. The molecule has 1 aromatic rings. The zero-order valence-electron chi connectivity index (χ0n) is 11.0. The minimum Gasteiger partial charge on any atom is -0.508 e. The summed E-state index contributed by atoms with van der Waals surface area (Å²) in [7, 11) is 0. The summed E-state index contributed by atoms with van der Waals surface area (Å²) in [6, 6.07) is 6.84. The van der Waals surface area contributed by atoms with Gasteiger partial charge < -0.3 is 10.4 Å². The van der Waals surface area contributed by atoms with Gasteiger partial charge in [0, 0.05) is 12.1 Å². The molecule has 2 nitrogen and oxygen atoms in total. The van der Waals surface area contributed by atoms with Gasteiger partial charge in [0.25, 0.3) is 0 Å². The number of hydrogen-bond donors (Lipinski definition) is 2. The maximum atomic E-state index is 9.48. The Bertz CT molecular complexity index is 387. The monoisotopic (exact) mass is 233 g/mol. The van der Waals surface area contributed by atoms with Gasteiger partial charge in [-0.15, -0.1) is 0 Å². The van der Waals surface area contributed by atoms with Crippen molar-refractivity contribution in [3.63, 3.8) is 0 Å². The molecule has 1 aromatic carbocycles. The van der Waals surface area contributed by atoms with Gasteiger partial charge in [0.2, 0.25) is 0 Å². The summed E-state index contributed by atoms with van der Waals surface area (Å²) in [4.78, 5) is 0. The molecule has 2 atom stereocenters. The average molecular weight is 233 g/mol. The third kappa shape index (κ3) is 2.63. The number of hydrogen-bond acceptors (Lipinski definition) is 2. The summed E-state index contributed by atoms with van der Waals surface area (Å²) >= 11 is 0. The van der Waals surface area contributed by atoms with Crippen LogP contribution in [0.2, 0.25) is 0 Å². The molecule has 0 bridgehead atoms. The zero-order chi connectivity index (χ0) is 12.4. The summed E-state index contributed by atoms with van der Waals surface area (Å²) in [6.45, 7) is 6.78. The van der Waals surface area contributed by atoms with Crippen molar-refractivity contribution < 1.29 is 5.11 Å². The predicted octanol–water partition coefficient (Wildman–Crippen LogP) is 3.40. The number of phenols is 1. The first kappa shape index (κ1) is 12.4. The zero-order valence-corrected chi connectivity index (χ0v) is 11.0. The van der Waals surface area contributed by atoms with Gasteiger partial charge in [0.15, 0.2) is 0 Å². The Morgan fingerprint density at radius 1 is 1.41 bits per heavy atom. The topological polar surface area (TPSA) is 32.3 Å². The van der Waals surface area contributed by atoms with E-state index in [0.717, 1.165) is 12.8 Å². The van der Waals surface area contributed by atoms with Gasteiger partial charge in [-0.3, -0.25) is 0 Å². The van der Waals surface area contributed by atoms with Crippen LogP contribution in [0.5, 0.6) is 5.75 Å². The molecule has 17 heavy (non-hydrogen) atoms. The van der Waals surface area contributed by atoms with E-state index in [1.807, 2.05) is 6.07 Å². The highest BCUT2D eigenvalue weighted by atomic mass is 16.3. The van der Waals surface area contributed by atoms with Crippen molar-refractivity contribution in [2.75, 3.05) is 0 Å². The van der Waals surface area contributed by atoms with Gasteiger partial charge in [-0.2, -0.15) is 0 Å². The lowest BCUT2D eigenvalue weighted by Crippen LogP contribution is -2.35. The SMILES string of the molecule is CCC(NC1CCc2cc(O)ccc21)C(C)C. The summed E-state index contributed by atoms with van der Waals surface area (Å²) in [6.07, 6.45) is 3.40. The second-order valence-electron chi connectivity index (χ2n) is 5.40. The number of rotatable bonds is 4. The molecule has 0 fully saturated rings. The molecule has 0 saturated carbocycles. The van der Waals surface area contributed by atoms with Gasteiger partial charge in [0.05, 0.1) is 0 Å². The molecule has 0 heterocycles. The smallest absolute Gasteiger partial charge is 0.115 e. The fourth-order valence-electron chi connectivity index (χ4n) is 2.82. The average Bonchev–Trinajstić information content (AvgIpc) is 2.67. The normalized spacial score (nSPS) is 20.6. The van der Waals surface area contributed by atoms with E-state index >= 15 is 0 Å². The number of fused-ring (bicyclic) bond motifs is 1. The predicted molar refractivity (Wildman–Crippen MR) is 71.2 cm³/mol. The van der Waals surface area contributed by atoms with Crippen LogP contribution >= 0.6 is 0 Å². The molecule has 2 unspecified atom stereocenters. The Hall–Kier alpha value is -1.02. The van der Waals surface area contributed by atoms with E-state index in [2.05, 4.69) is 32.2 Å². The minimum atomic E-state index is 0.389. The molecule has 2 N–H and O–H groups in total. The maximum absolute atomic E-state index is 9.48. The quantitative estimate of drug-likeness (QED) is 0.835. The van der Waals surface area contributed by atoms with Crippen LogP contribution < -0.4 is 5.32 Å². The van der Waals surface area contributed by atoms with Gasteiger partial charge in [-0.25, -0.2) is 0 Å². The van der Waals surface area contributed by atoms with Crippen molar-refractivity contribution in [2.45, 2.75) is 52.1 Å². The summed E-state index contributed by atoms with van der Waals surface area (Å²) in [5, 5.41) is 13.2. The first-order valence-electron chi connectivity index (χ1n) is 6.69. The van der Waals surface area contributed by atoms with Gasteiger partial charge in [-0.05, 0) is 48.4 Å². The van der Waals surface area contributed by atoms with E-state index in [1.54, 1.807) is 6.07 Å². The molecule has 0 radical (unpaired) electrons. The number of benzene rings is 1. The van der Waals surface area contributed by atoms with E-state index in [9.17, 15) is 5.11 Å². The van der Waals surface area contributed by atoms with E-state index in [0.29, 0.717) is 23.8 Å². The highest BCUT2D eigenvalue weighted by Gasteiger charge is 2.25. The molecular formula is C15H23NO. The van der Waals surface area contributed by atoms with E-state index < -0.39 is 0 Å². The number of aryl methyl sites for hydroxylation is 1. The van der Waals surface area contributed by atoms with Crippen LogP contribution in [-0.2, 0) is 6.42 Å². The summed E-state index contributed by atoms with van der Waals surface area (Å²) in [5.41, 5.74) is 2.68. The number of aromatic hydroxyl groups is 1. The minimum absolute atomic E-state index is 0.389. The first-order valence-corrected chi connectivity index (χ1v) is 6.69. The van der Waals surface area contributed by atoms with Crippen LogP contribution in [0.3, 0.4) is 0 Å². The highest BCUT2D eigenvalue weighted by Crippen LogP contribution is 2.34. The van der Waals surface area contributed by atoms with Crippen molar-refractivity contribution in [1.82, 2.24) is 5.32 Å². The van der Waals surface area contributed by atoms with Crippen LogP contribution in [0.4, 0.5) is 0 Å².